The number of rotatable bonds is 1. The standard InChI is InChI=1S/C9H5ClFNO3/c10-6-3(11)1-2-4-5(6)8(13)7(12-4)9(14)15/h1-2,12-13H,(H,14,15). The van der Waals surface area contributed by atoms with Crippen molar-refractivity contribution in [3.63, 3.8) is 0 Å². The summed E-state index contributed by atoms with van der Waals surface area (Å²) in [7, 11) is 0. The predicted octanol–water partition coefficient (Wildman–Crippen LogP) is 2.36. The Kier molecular flexibility index (Phi) is 2.04. The van der Waals surface area contributed by atoms with Gasteiger partial charge >= 0.3 is 5.97 Å². The van der Waals surface area contributed by atoms with Crippen molar-refractivity contribution in [2.75, 3.05) is 0 Å². The molecule has 0 aliphatic rings. The van der Waals surface area contributed by atoms with Crippen molar-refractivity contribution >= 4 is 28.5 Å². The maximum absolute atomic E-state index is 13.0. The minimum atomic E-state index is -1.33. The van der Waals surface area contributed by atoms with Crippen molar-refractivity contribution in [3.05, 3.63) is 28.7 Å². The molecule has 2 rings (SSSR count). The predicted molar refractivity (Wildman–Crippen MR) is 51.9 cm³/mol. The number of aromatic amines is 1. The lowest BCUT2D eigenvalue weighted by Crippen LogP contribution is -1.95. The molecule has 78 valence electrons. The van der Waals surface area contributed by atoms with E-state index in [1.807, 2.05) is 0 Å². The normalized spacial score (nSPS) is 10.8. The molecule has 0 radical (unpaired) electrons. The maximum atomic E-state index is 13.0. The first-order valence-corrected chi connectivity index (χ1v) is 4.32. The number of carbonyl (C=O) groups is 1. The molecule has 0 spiro atoms. The van der Waals surface area contributed by atoms with Crippen molar-refractivity contribution in [1.29, 1.82) is 0 Å². The molecule has 6 heteroatoms. The molecule has 1 heterocycles. The first-order valence-electron chi connectivity index (χ1n) is 3.94. The summed E-state index contributed by atoms with van der Waals surface area (Å²) in [6.07, 6.45) is 0. The third-order valence-corrected chi connectivity index (χ3v) is 2.41. The van der Waals surface area contributed by atoms with Crippen LogP contribution >= 0.6 is 11.6 Å². The van der Waals surface area contributed by atoms with Gasteiger partial charge in [0.05, 0.1) is 15.9 Å². The average molecular weight is 230 g/mol. The van der Waals surface area contributed by atoms with Crippen molar-refractivity contribution in [2.45, 2.75) is 0 Å². The lowest BCUT2D eigenvalue weighted by atomic mass is 10.2. The number of carboxylic acids is 1. The van der Waals surface area contributed by atoms with E-state index in [4.69, 9.17) is 16.7 Å². The Morgan fingerprint density at radius 2 is 2.13 bits per heavy atom. The molecule has 3 N–H and O–H groups in total. The quantitative estimate of drug-likeness (QED) is 0.703. The maximum Gasteiger partial charge on any atom is 0.356 e. The number of fused-ring (bicyclic) bond motifs is 1. The molecule has 0 saturated carbocycles. The van der Waals surface area contributed by atoms with Gasteiger partial charge in [0.15, 0.2) is 11.4 Å². The molecule has 0 amide bonds. The van der Waals surface area contributed by atoms with E-state index in [2.05, 4.69) is 4.98 Å². The summed E-state index contributed by atoms with van der Waals surface area (Å²) in [6.45, 7) is 0. The van der Waals surface area contributed by atoms with E-state index in [-0.39, 0.29) is 15.9 Å². The first-order chi connectivity index (χ1) is 7.02. The van der Waals surface area contributed by atoms with Crippen molar-refractivity contribution in [1.82, 2.24) is 4.98 Å². The number of H-pyrrole nitrogens is 1. The molecular weight excluding hydrogens is 225 g/mol. The second-order valence-corrected chi connectivity index (χ2v) is 3.32. The van der Waals surface area contributed by atoms with Gasteiger partial charge in [-0.2, -0.15) is 0 Å². The van der Waals surface area contributed by atoms with Crippen LogP contribution in [0.15, 0.2) is 12.1 Å². The Balaban J connectivity index is 2.89. The largest absolute Gasteiger partial charge is 0.505 e. The van der Waals surface area contributed by atoms with Crippen LogP contribution in [0.3, 0.4) is 0 Å². The summed E-state index contributed by atoms with van der Waals surface area (Å²) in [5.74, 6) is -2.60. The third kappa shape index (κ3) is 1.32. The van der Waals surface area contributed by atoms with Crippen LogP contribution in [0.25, 0.3) is 10.9 Å². The van der Waals surface area contributed by atoms with E-state index in [0.717, 1.165) is 6.07 Å². The smallest absolute Gasteiger partial charge is 0.356 e. The lowest BCUT2D eigenvalue weighted by molar-refractivity contribution is 0.0688. The topological polar surface area (TPSA) is 73.3 Å². The molecule has 1 aromatic carbocycles. The minimum Gasteiger partial charge on any atom is -0.505 e. The zero-order chi connectivity index (χ0) is 11.2. The van der Waals surface area contributed by atoms with Crippen molar-refractivity contribution in [2.24, 2.45) is 0 Å². The fourth-order valence-corrected chi connectivity index (χ4v) is 1.61. The molecule has 0 unspecified atom stereocenters. The van der Waals surface area contributed by atoms with Gasteiger partial charge in [-0.05, 0) is 12.1 Å². The molecule has 4 nitrogen and oxygen atoms in total. The SMILES string of the molecule is O=C(O)c1[nH]c2ccc(F)c(Cl)c2c1O. The molecule has 15 heavy (non-hydrogen) atoms. The van der Waals surface area contributed by atoms with Gasteiger partial charge in [0.25, 0.3) is 0 Å². The van der Waals surface area contributed by atoms with Gasteiger partial charge in [-0.1, -0.05) is 11.6 Å². The molecule has 0 atom stereocenters. The highest BCUT2D eigenvalue weighted by Crippen LogP contribution is 2.35. The van der Waals surface area contributed by atoms with E-state index in [9.17, 15) is 14.3 Å². The summed E-state index contributed by atoms with van der Waals surface area (Å²) in [4.78, 5) is 13.1. The van der Waals surface area contributed by atoms with E-state index >= 15 is 0 Å². The number of carboxylic acid groups (broad SMARTS) is 1. The number of hydrogen-bond acceptors (Lipinski definition) is 2. The highest BCUT2D eigenvalue weighted by Gasteiger charge is 2.19. The number of aromatic nitrogens is 1. The Morgan fingerprint density at radius 1 is 1.47 bits per heavy atom. The number of aromatic hydroxyl groups is 1. The number of benzene rings is 1. The number of nitrogens with one attached hydrogen (secondary N) is 1. The summed E-state index contributed by atoms with van der Waals surface area (Å²) < 4.78 is 13.0. The van der Waals surface area contributed by atoms with Gasteiger partial charge < -0.3 is 15.2 Å². The molecule has 0 aliphatic carbocycles. The Morgan fingerprint density at radius 3 is 2.73 bits per heavy atom. The van der Waals surface area contributed by atoms with Crippen LogP contribution in [0.2, 0.25) is 5.02 Å². The summed E-state index contributed by atoms with van der Waals surface area (Å²) in [5, 5.41) is 17.9. The van der Waals surface area contributed by atoms with Crippen LogP contribution < -0.4 is 0 Å². The molecule has 0 fully saturated rings. The summed E-state index contributed by atoms with van der Waals surface area (Å²) in [5.41, 5.74) is -0.131. The van der Waals surface area contributed by atoms with Gasteiger partial charge in [-0.15, -0.1) is 0 Å². The molecule has 0 bridgehead atoms. The lowest BCUT2D eigenvalue weighted by Gasteiger charge is -1.96. The monoisotopic (exact) mass is 229 g/mol. The van der Waals surface area contributed by atoms with Crippen LogP contribution in [-0.4, -0.2) is 21.2 Å². The Bertz CT molecular complexity index is 564. The molecule has 2 aromatic rings. The van der Waals surface area contributed by atoms with Crippen molar-refractivity contribution in [3.8, 4) is 5.75 Å². The Labute approximate surface area is 87.9 Å². The van der Waals surface area contributed by atoms with E-state index in [0.29, 0.717) is 0 Å². The third-order valence-electron chi connectivity index (χ3n) is 2.04. The fourth-order valence-electron chi connectivity index (χ4n) is 1.36. The fraction of sp³-hybridized carbons (Fsp3) is 0. The number of aromatic carboxylic acids is 1. The zero-order valence-corrected chi connectivity index (χ0v) is 7.97. The molecule has 0 saturated heterocycles. The summed E-state index contributed by atoms with van der Waals surface area (Å²) in [6, 6.07) is 2.40. The van der Waals surface area contributed by atoms with Crippen LogP contribution in [0.4, 0.5) is 4.39 Å². The molecule has 1 aromatic heterocycles. The Hall–Kier alpha value is -1.75. The van der Waals surface area contributed by atoms with Crippen LogP contribution in [-0.2, 0) is 0 Å². The van der Waals surface area contributed by atoms with Crippen LogP contribution in [0.1, 0.15) is 10.5 Å². The van der Waals surface area contributed by atoms with Gasteiger partial charge in [0.1, 0.15) is 5.82 Å². The second kappa shape index (κ2) is 3.13. The van der Waals surface area contributed by atoms with Crippen molar-refractivity contribution < 1.29 is 19.4 Å². The van der Waals surface area contributed by atoms with E-state index in [1.54, 1.807) is 0 Å². The van der Waals surface area contributed by atoms with Gasteiger partial charge in [0, 0.05) is 0 Å². The minimum absolute atomic E-state index is 0.0194. The average Bonchev–Trinajstić information content (AvgIpc) is 2.50. The first kappa shape index (κ1) is 9.79. The highest BCUT2D eigenvalue weighted by atomic mass is 35.5. The van der Waals surface area contributed by atoms with Gasteiger partial charge in [-0.25, -0.2) is 9.18 Å². The van der Waals surface area contributed by atoms with E-state index in [1.165, 1.54) is 6.07 Å². The van der Waals surface area contributed by atoms with Gasteiger partial charge in [-0.3, -0.25) is 0 Å². The molecule has 0 aliphatic heterocycles. The summed E-state index contributed by atoms with van der Waals surface area (Å²) >= 11 is 5.60. The highest BCUT2D eigenvalue weighted by molar-refractivity contribution is 6.36. The van der Waals surface area contributed by atoms with Crippen LogP contribution in [0, 0.1) is 5.82 Å². The van der Waals surface area contributed by atoms with Gasteiger partial charge in [0.2, 0.25) is 0 Å². The zero-order valence-electron chi connectivity index (χ0n) is 7.21. The number of hydrogen-bond donors (Lipinski definition) is 3. The van der Waals surface area contributed by atoms with Crippen LogP contribution in [0.5, 0.6) is 5.75 Å². The van der Waals surface area contributed by atoms with E-state index < -0.39 is 23.2 Å². The molecular formula is C9H5ClFNO3. The second-order valence-electron chi connectivity index (χ2n) is 2.94. The number of halogens is 2.